The first kappa shape index (κ1) is 13.0. The number of amides is 1. The fourth-order valence-corrected chi connectivity index (χ4v) is 1.70. The molecular weight excluding hydrogens is 248 g/mol. The monoisotopic (exact) mass is 262 g/mol. The molecule has 0 radical (unpaired) electrons. The zero-order valence-corrected chi connectivity index (χ0v) is 10.6. The van der Waals surface area contributed by atoms with E-state index >= 15 is 0 Å². The van der Waals surface area contributed by atoms with Gasteiger partial charge in [0.2, 0.25) is 0 Å². The highest BCUT2D eigenvalue weighted by Crippen LogP contribution is 2.07. The zero-order chi connectivity index (χ0) is 14.0. The summed E-state index contributed by atoms with van der Waals surface area (Å²) in [5.74, 6) is -1.68. The molecule has 2 N–H and O–H groups in total. The van der Waals surface area contributed by atoms with Gasteiger partial charge >= 0.3 is 5.97 Å². The Morgan fingerprint density at radius 3 is 2.74 bits per heavy atom. The molecule has 0 spiro atoms. The minimum Gasteiger partial charge on any atom is -0.480 e. The van der Waals surface area contributed by atoms with Gasteiger partial charge in [-0.25, -0.2) is 4.79 Å². The van der Waals surface area contributed by atoms with Crippen LogP contribution in [0.1, 0.15) is 24.2 Å². The van der Waals surface area contributed by atoms with Crippen LogP contribution in [0.2, 0.25) is 0 Å². The molecule has 1 atom stereocenters. The molecule has 7 nitrogen and oxygen atoms in total. The summed E-state index contributed by atoms with van der Waals surface area (Å²) in [4.78, 5) is 23.0. The minimum absolute atomic E-state index is 0.194. The highest BCUT2D eigenvalue weighted by molar-refractivity contribution is 5.96. The molecule has 100 valence electrons. The Hall–Kier alpha value is -2.44. The van der Waals surface area contributed by atoms with Gasteiger partial charge in [0.15, 0.2) is 5.65 Å². The van der Waals surface area contributed by atoms with E-state index in [1.807, 2.05) is 0 Å². The molecule has 0 bridgehead atoms. The average Bonchev–Trinajstić information content (AvgIpc) is 2.81. The van der Waals surface area contributed by atoms with Crippen LogP contribution < -0.4 is 5.32 Å². The highest BCUT2D eigenvalue weighted by Gasteiger charge is 2.24. The summed E-state index contributed by atoms with van der Waals surface area (Å²) < 4.78 is 1.60. The summed E-state index contributed by atoms with van der Waals surface area (Å²) in [6.07, 6.45) is 3.03. The van der Waals surface area contributed by atoms with Gasteiger partial charge in [-0.2, -0.15) is 0 Å². The van der Waals surface area contributed by atoms with E-state index in [2.05, 4.69) is 15.5 Å². The van der Waals surface area contributed by atoms with Crippen molar-refractivity contribution in [3.05, 3.63) is 30.2 Å². The molecule has 0 aromatic carbocycles. The van der Waals surface area contributed by atoms with Gasteiger partial charge in [0.1, 0.15) is 12.4 Å². The molecule has 2 rings (SSSR count). The molecule has 2 aromatic rings. The van der Waals surface area contributed by atoms with E-state index in [0.717, 1.165) is 0 Å². The summed E-state index contributed by atoms with van der Waals surface area (Å²) >= 11 is 0. The summed E-state index contributed by atoms with van der Waals surface area (Å²) in [5, 5.41) is 19.1. The van der Waals surface area contributed by atoms with E-state index in [4.69, 9.17) is 5.11 Å². The second-order valence-electron chi connectivity index (χ2n) is 4.55. The Morgan fingerprint density at radius 2 is 2.11 bits per heavy atom. The van der Waals surface area contributed by atoms with Crippen LogP contribution in [0.15, 0.2) is 24.7 Å². The molecule has 1 unspecified atom stereocenters. The van der Waals surface area contributed by atoms with Gasteiger partial charge in [0, 0.05) is 6.20 Å². The number of carboxylic acids is 1. The van der Waals surface area contributed by atoms with Crippen molar-refractivity contribution in [2.75, 3.05) is 0 Å². The maximum atomic E-state index is 12.0. The maximum Gasteiger partial charge on any atom is 0.326 e. The van der Waals surface area contributed by atoms with Gasteiger partial charge in [-0.15, -0.1) is 10.2 Å². The Balaban J connectivity index is 2.21. The van der Waals surface area contributed by atoms with Crippen LogP contribution in [0.25, 0.3) is 5.65 Å². The number of pyridine rings is 1. The third kappa shape index (κ3) is 2.70. The topological polar surface area (TPSA) is 96.6 Å². The van der Waals surface area contributed by atoms with E-state index in [9.17, 15) is 9.59 Å². The van der Waals surface area contributed by atoms with Crippen molar-refractivity contribution >= 4 is 17.5 Å². The number of hydrogen-bond acceptors (Lipinski definition) is 4. The number of aliphatic carboxylic acids is 1. The lowest BCUT2D eigenvalue weighted by atomic mass is 10.0. The quantitative estimate of drug-likeness (QED) is 0.839. The molecule has 0 aliphatic carbocycles. The summed E-state index contributed by atoms with van der Waals surface area (Å²) in [7, 11) is 0. The number of carboxylic acid groups (broad SMARTS) is 1. The predicted octanol–water partition coefficient (Wildman–Crippen LogP) is 0.568. The van der Waals surface area contributed by atoms with E-state index in [1.165, 1.54) is 6.33 Å². The summed E-state index contributed by atoms with van der Waals surface area (Å²) in [5.41, 5.74) is 0.981. The van der Waals surface area contributed by atoms with Gasteiger partial charge in [0.05, 0.1) is 5.56 Å². The highest BCUT2D eigenvalue weighted by atomic mass is 16.4. The molecule has 1 amide bonds. The van der Waals surface area contributed by atoms with Crippen molar-refractivity contribution in [3.8, 4) is 0 Å². The van der Waals surface area contributed by atoms with Gasteiger partial charge in [-0.3, -0.25) is 9.20 Å². The van der Waals surface area contributed by atoms with E-state index in [0.29, 0.717) is 11.2 Å². The van der Waals surface area contributed by atoms with Crippen molar-refractivity contribution in [2.24, 2.45) is 5.92 Å². The van der Waals surface area contributed by atoms with Gasteiger partial charge in [-0.1, -0.05) is 13.8 Å². The number of nitrogens with zero attached hydrogens (tertiary/aromatic N) is 3. The fourth-order valence-electron chi connectivity index (χ4n) is 1.70. The van der Waals surface area contributed by atoms with Gasteiger partial charge < -0.3 is 10.4 Å². The van der Waals surface area contributed by atoms with Crippen LogP contribution in [0.5, 0.6) is 0 Å². The molecule has 0 saturated heterocycles. The molecule has 7 heteroatoms. The van der Waals surface area contributed by atoms with Gasteiger partial charge in [0.25, 0.3) is 5.91 Å². The second kappa shape index (κ2) is 5.05. The van der Waals surface area contributed by atoms with Crippen LogP contribution in [0.4, 0.5) is 0 Å². The third-order valence-electron chi connectivity index (χ3n) is 2.77. The lowest BCUT2D eigenvalue weighted by molar-refractivity contribution is -0.140. The van der Waals surface area contributed by atoms with Crippen LogP contribution >= 0.6 is 0 Å². The molecule has 2 aromatic heterocycles. The zero-order valence-electron chi connectivity index (χ0n) is 10.6. The van der Waals surface area contributed by atoms with Crippen molar-refractivity contribution in [3.63, 3.8) is 0 Å². The maximum absolute atomic E-state index is 12.0. The standard InChI is InChI=1S/C12H14N4O3/c1-7(2)10(12(18)19)14-11(17)8-3-4-9-15-13-6-16(9)5-8/h3-7,10H,1-2H3,(H,14,17)(H,18,19). The molecule has 0 aliphatic heterocycles. The lowest BCUT2D eigenvalue weighted by Gasteiger charge is -2.17. The minimum atomic E-state index is -1.05. The smallest absolute Gasteiger partial charge is 0.326 e. The Kier molecular flexibility index (Phi) is 3.46. The van der Waals surface area contributed by atoms with Crippen molar-refractivity contribution in [1.82, 2.24) is 19.9 Å². The second-order valence-corrected chi connectivity index (χ2v) is 4.55. The van der Waals surface area contributed by atoms with E-state index in [1.54, 1.807) is 36.6 Å². The van der Waals surface area contributed by atoms with E-state index < -0.39 is 17.9 Å². The van der Waals surface area contributed by atoms with Crippen LogP contribution in [-0.4, -0.2) is 37.6 Å². The van der Waals surface area contributed by atoms with Crippen LogP contribution in [-0.2, 0) is 4.79 Å². The Morgan fingerprint density at radius 1 is 1.37 bits per heavy atom. The van der Waals surface area contributed by atoms with Crippen LogP contribution in [0, 0.1) is 5.92 Å². The lowest BCUT2D eigenvalue weighted by Crippen LogP contribution is -2.44. The van der Waals surface area contributed by atoms with E-state index in [-0.39, 0.29) is 5.92 Å². The first-order valence-corrected chi connectivity index (χ1v) is 5.82. The molecular formula is C12H14N4O3. The Labute approximate surface area is 109 Å². The molecule has 0 saturated carbocycles. The number of carbonyl (C=O) groups excluding carboxylic acids is 1. The van der Waals surface area contributed by atoms with Gasteiger partial charge in [-0.05, 0) is 18.1 Å². The summed E-state index contributed by atoms with van der Waals surface area (Å²) in [6.45, 7) is 3.48. The number of fused-ring (bicyclic) bond motifs is 1. The number of aromatic nitrogens is 3. The number of rotatable bonds is 4. The van der Waals surface area contributed by atoms with Crippen LogP contribution in [0.3, 0.4) is 0 Å². The molecule has 19 heavy (non-hydrogen) atoms. The third-order valence-corrected chi connectivity index (χ3v) is 2.77. The first-order chi connectivity index (χ1) is 8.99. The predicted molar refractivity (Wildman–Crippen MR) is 66.7 cm³/mol. The van der Waals surface area contributed by atoms with Crippen molar-refractivity contribution in [1.29, 1.82) is 0 Å². The SMILES string of the molecule is CC(C)C(NC(=O)c1ccc2nncn2c1)C(=O)O. The average molecular weight is 262 g/mol. The normalized spacial score (nSPS) is 12.6. The van der Waals surface area contributed by atoms with Crippen molar-refractivity contribution in [2.45, 2.75) is 19.9 Å². The summed E-state index contributed by atoms with van der Waals surface area (Å²) in [6, 6.07) is 2.31. The largest absolute Gasteiger partial charge is 0.480 e. The number of hydrogen-bond donors (Lipinski definition) is 2. The number of nitrogens with one attached hydrogen (secondary N) is 1. The first-order valence-electron chi connectivity index (χ1n) is 5.82. The molecule has 2 heterocycles. The molecule has 0 aliphatic rings. The molecule has 0 fully saturated rings. The van der Waals surface area contributed by atoms with Crippen molar-refractivity contribution < 1.29 is 14.7 Å². The number of carbonyl (C=O) groups is 2. The fraction of sp³-hybridized carbons (Fsp3) is 0.333. The Bertz CT molecular complexity index is 620.